The maximum atomic E-state index is 11.9. The first kappa shape index (κ1) is 13.0. The third-order valence-electron chi connectivity index (χ3n) is 4.01. The molecule has 1 heterocycles. The molecular weight excluding hydrogens is 204 g/mol. The molecule has 0 aromatic rings. The summed E-state index contributed by atoms with van der Waals surface area (Å²) >= 11 is 0. The Morgan fingerprint density at radius 3 is 2.25 bits per heavy atom. The molecule has 1 aliphatic rings. The molecule has 0 aromatic heterocycles. The molecule has 4 nitrogen and oxygen atoms in total. The highest BCUT2D eigenvalue weighted by Gasteiger charge is 2.39. The Bertz CT molecular complexity index is 301. The molecule has 0 aromatic carbocycles. The number of hydrogen-bond donors (Lipinski definition) is 1. The van der Waals surface area contributed by atoms with Gasteiger partial charge in [0.2, 0.25) is 11.8 Å². The number of primary amides is 1. The van der Waals surface area contributed by atoms with E-state index in [2.05, 4.69) is 20.8 Å². The van der Waals surface area contributed by atoms with Crippen LogP contribution in [0.15, 0.2) is 0 Å². The van der Waals surface area contributed by atoms with Crippen LogP contribution in [-0.4, -0.2) is 29.8 Å². The van der Waals surface area contributed by atoms with Gasteiger partial charge in [-0.05, 0) is 24.7 Å². The molecule has 4 heteroatoms. The second-order valence-corrected chi connectivity index (χ2v) is 5.44. The van der Waals surface area contributed by atoms with Crippen molar-refractivity contribution in [1.29, 1.82) is 0 Å². The first-order chi connectivity index (χ1) is 7.28. The number of likely N-dealkylation sites (tertiary alicyclic amines) is 1. The zero-order valence-electron chi connectivity index (χ0n) is 10.6. The van der Waals surface area contributed by atoms with Crippen molar-refractivity contribution in [3.8, 4) is 0 Å². The highest BCUT2D eigenvalue weighted by molar-refractivity contribution is 5.99. The molecule has 0 bridgehead atoms. The van der Waals surface area contributed by atoms with Crippen LogP contribution in [0, 0.1) is 17.3 Å². The SMILES string of the molecule is CC(C(N)=O)C(=O)N1CC[C@](C)(C(C)C)C1. The quantitative estimate of drug-likeness (QED) is 0.730. The van der Waals surface area contributed by atoms with Gasteiger partial charge in [0, 0.05) is 13.1 Å². The first-order valence-electron chi connectivity index (χ1n) is 5.86. The molecule has 2 amide bonds. The topological polar surface area (TPSA) is 63.4 Å². The normalized spacial score (nSPS) is 27.2. The predicted octanol–water partition coefficient (Wildman–Crippen LogP) is 1.00. The molecular formula is C12H22N2O2. The summed E-state index contributed by atoms with van der Waals surface area (Å²) in [6.07, 6.45) is 1.00. The fourth-order valence-electron chi connectivity index (χ4n) is 2.04. The van der Waals surface area contributed by atoms with Gasteiger partial charge in [-0.1, -0.05) is 20.8 Å². The van der Waals surface area contributed by atoms with Gasteiger partial charge < -0.3 is 10.6 Å². The minimum atomic E-state index is -0.700. The Kier molecular flexibility index (Phi) is 3.61. The summed E-state index contributed by atoms with van der Waals surface area (Å²) < 4.78 is 0. The van der Waals surface area contributed by atoms with E-state index in [0.29, 0.717) is 5.92 Å². The van der Waals surface area contributed by atoms with Crippen molar-refractivity contribution in [3.63, 3.8) is 0 Å². The average Bonchev–Trinajstić information content (AvgIpc) is 2.60. The lowest BCUT2D eigenvalue weighted by molar-refractivity contribution is -0.139. The van der Waals surface area contributed by atoms with Crippen molar-refractivity contribution >= 4 is 11.8 Å². The van der Waals surface area contributed by atoms with E-state index in [9.17, 15) is 9.59 Å². The second kappa shape index (κ2) is 4.44. The molecule has 0 spiro atoms. The van der Waals surface area contributed by atoms with Gasteiger partial charge in [-0.25, -0.2) is 0 Å². The van der Waals surface area contributed by atoms with Crippen molar-refractivity contribution in [2.75, 3.05) is 13.1 Å². The van der Waals surface area contributed by atoms with Crippen molar-refractivity contribution in [3.05, 3.63) is 0 Å². The zero-order valence-corrected chi connectivity index (χ0v) is 10.6. The Morgan fingerprint density at radius 2 is 1.88 bits per heavy atom. The molecule has 1 saturated heterocycles. The van der Waals surface area contributed by atoms with Crippen molar-refractivity contribution in [2.45, 2.75) is 34.1 Å². The van der Waals surface area contributed by atoms with Crippen LogP contribution in [0.3, 0.4) is 0 Å². The van der Waals surface area contributed by atoms with Crippen LogP contribution in [0.2, 0.25) is 0 Å². The monoisotopic (exact) mass is 226 g/mol. The maximum absolute atomic E-state index is 11.9. The van der Waals surface area contributed by atoms with Crippen LogP contribution >= 0.6 is 0 Å². The number of amides is 2. The predicted molar refractivity (Wildman–Crippen MR) is 62.5 cm³/mol. The molecule has 0 aliphatic carbocycles. The summed E-state index contributed by atoms with van der Waals surface area (Å²) in [5.41, 5.74) is 5.32. The molecule has 2 N–H and O–H groups in total. The molecule has 92 valence electrons. The molecule has 1 rings (SSSR count). The third kappa shape index (κ3) is 2.36. The van der Waals surface area contributed by atoms with E-state index in [1.807, 2.05) is 0 Å². The lowest BCUT2D eigenvalue weighted by atomic mass is 9.78. The Morgan fingerprint density at radius 1 is 1.31 bits per heavy atom. The summed E-state index contributed by atoms with van der Waals surface area (Å²) in [6.45, 7) is 9.60. The number of hydrogen-bond acceptors (Lipinski definition) is 2. The van der Waals surface area contributed by atoms with Crippen molar-refractivity contribution in [1.82, 2.24) is 4.90 Å². The van der Waals surface area contributed by atoms with Crippen molar-refractivity contribution in [2.24, 2.45) is 23.0 Å². The number of carbonyl (C=O) groups is 2. The van der Waals surface area contributed by atoms with Gasteiger partial charge in [0.1, 0.15) is 5.92 Å². The Hall–Kier alpha value is -1.06. The van der Waals surface area contributed by atoms with E-state index in [-0.39, 0.29) is 11.3 Å². The molecule has 2 atom stereocenters. The van der Waals surface area contributed by atoms with E-state index in [1.165, 1.54) is 0 Å². The second-order valence-electron chi connectivity index (χ2n) is 5.44. The van der Waals surface area contributed by atoms with Crippen molar-refractivity contribution < 1.29 is 9.59 Å². The molecule has 0 radical (unpaired) electrons. The first-order valence-corrected chi connectivity index (χ1v) is 5.86. The van der Waals surface area contributed by atoms with Gasteiger partial charge in [-0.15, -0.1) is 0 Å². The number of carbonyl (C=O) groups excluding carboxylic acids is 2. The average molecular weight is 226 g/mol. The molecule has 1 fully saturated rings. The van der Waals surface area contributed by atoms with Crippen LogP contribution < -0.4 is 5.73 Å². The largest absolute Gasteiger partial charge is 0.369 e. The fraction of sp³-hybridized carbons (Fsp3) is 0.833. The lowest BCUT2D eigenvalue weighted by Crippen LogP contribution is -2.40. The van der Waals surface area contributed by atoms with Crippen LogP contribution in [0.1, 0.15) is 34.1 Å². The maximum Gasteiger partial charge on any atom is 0.234 e. The number of rotatable bonds is 3. The van der Waals surface area contributed by atoms with Crippen LogP contribution in [0.25, 0.3) is 0 Å². The van der Waals surface area contributed by atoms with E-state index < -0.39 is 11.8 Å². The van der Waals surface area contributed by atoms with E-state index in [0.717, 1.165) is 19.5 Å². The fourth-order valence-corrected chi connectivity index (χ4v) is 2.04. The molecule has 1 aliphatic heterocycles. The Labute approximate surface area is 97.2 Å². The third-order valence-corrected chi connectivity index (χ3v) is 4.01. The van der Waals surface area contributed by atoms with Gasteiger partial charge in [0.15, 0.2) is 0 Å². The number of nitrogens with two attached hydrogens (primary N) is 1. The van der Waals surface area contributed by atoms with Crippen LogP contribution in [-0.2, 0) is 9.59 Å². The van der Waals surface area contributed by atoms with Gasteiger partial charge in [0.05, 0.1) is 0 Å². The zero-order chi connectivity index (χ0) is 12.5. The van der Waals surface area contributed by atoms with E-state index >= 15 is 0 Å². The summed E-state index contributed by atoms with van der Waals surface area (Å²) in [6, 6.07) is 0. The number of nitrogens with zero attached hydrogens (tertiary/aromatic N) is 1. The van der Waals surface area contributed by atoms with E-state index in [1.54, 1.807) is 11.8 Å². The lowest BCUT2D eigenvalue weighted by Gasteiger charge is -2.29. The minimum absolute atomic E-state index is 0.128. The van der Waals surface area contributed by atoms with Gasteiger partial charge in [-0.2, -0.15) is 0 Å². The van der Waals surface area contributed by atoms with E-state index in [4.69, 9.17) is 5.73 Å². The standard InChI is InChI=1S/C12H22N2O2/c1-8(2)12(4)5-6-14(7-12)11(16)9(3)10(13)15/h8-9H,5-7H2,1-4H3,(H2,13,15)/t9?,12-/m0/s1. The van der Waals surface area contributed by atoms with Gasteiger partial charge >= 0.3 is 0 Å². The summed E-state index contributed by atoms with van der Waals surface area (Å²) in [5, 5.41) is 0. The summed E-state index contributed by atoms with van der Waals surface area (Å²) in [4.78, 5) is 24.7. The minimum Gasteiger partial charge on any atom is -0.369 e. The van der Waals surface area contributed by atoms with Gasteiger partial charge in [0.25, 0.3) is 0 Å². The molecule has 0 saturated carbocycles. The van der Waals surface area contributed by atoms with Crippen LogP contribution in [0.5, 0.6) is 0 Å². The highest BCUT2D eigenvalue weighted by atomic mass is 16.2. The summed E-state index contributed by atoms with van der Waals surface area (Å²) in [7, 11) is 0. The van der Waals surface area contributed by atoms with Gasteiger partial charge in [-0.3, -0.25) is 9.59 Å². The molecule has 16 heavy (non-hydrogen) atoms. The summed E-state index contributed by atoms with van der Waals surface area (Å²) in [5.74, 6) is -0.830. The smallest absolute Gasteiger partial charge is 0.234 e. The molecule has 1 unspecified atom stereocenters. The van der Waals surface area contributed by atoms with Crippen LogP contribution in [0.4, 0.5) is 0 Å². The highest BCUT2D eigenvalue weighted by Crippen LogP contribution is 2.37. The Balaban J connectivity index is 2.67.